The molecule has 0 spiro atoms. The number of rotatable bonds is 3. The number of benzene rings is 1. The van der Waals surface area contributed by atoms with Gasteiger partial charge in [-0.05, 0) is 25.0 Å². The molecule has 1 aromatic carbocycles. The van der Waals surface area contributed by atoms with Gasteiger partial charge in [0.25, 0.3) is 0 Å². The minimum absolute atomic E-state index is 0.0804. The third kappa shape index (κ3) is 2.49. The van der Waals surface area contributed by atoms with Crippen LogP contribution < -0.4 is 11.1 Å². The van der Waals surface area contributed by atoms with Gasteiger partial charge in [-0.15, -0.1) is 0 Å². The minimum Gasteiger partial charge on any atom is -0.381 e. The minimum atomic E-state index is 0.0804. The van der Waals surface area contributed by atoms with Gasteiger partial charge in [-0.3, -0.25) is 4.79 Å². The summed E-state index contributed by atoms with van der Waals surface area (Å²) >= 11 is 0. The first-order valence-electron chi connectivity index (χ1n) is 6.78. The van der Waals surface area contributed by atoms with Crippen molar-refractivity contribution >= 4 is 28.6 Å². The Bertz CT molecular complexity index is 636. The predicted molar refractivity (Wildman–Crippen MR) is 78.3 cm³/mol. The Morgan fingerprint density at radius 1 is 1.20 bits per heavy atom. The molecule has 2 heterocycles. The van der Waals surface area contributed by atoms with E-state index in [0.29, 0.717) is 11.6 Å². The number of fused-ring (bicyclic) bond motifs is 1. The second-order valence-corrected chi connectivity index (χ2v) is 4.89. The van der Waals surface area contributed by atoms with Crippen LogP contribution in [0.15, 0.2) is 24.3 Å². The van der Waals surface area contributed by atoms with Gasteiger partial charge in [-0.25, -0.2) is 9.97 Å². The van der Waals surface area contributed by atoms with Crippen molar-refractivity contribution in [3.05, 3.63) is 24.3 Å². The number of likely N-dealkylation sites (tertiary alicyclic amines) is 1. The first kappa shape index (κ1) is 12.7. The molecule has 1 aromatic heterocycles. The number of para-hydroxylation sites is 2. The number of carbonyl (C=O) groups is 1. The van der Waals surface area contributed by atoms with Crippen LogP contribution in [0, 0.1) is 0 Å². The van der Waals surface area contributed by atoms with Crippen molar-refractivity contribution in [1.82, 2.24) is 14.9 Å². The zero-order valence-corrected chi connectivity index (χ0v) is 11.2. The van der Waals surface area contributed by atoms with Gasteiger partial charge >= 0.3 is 0 Å². The summed E-state index contributed by atoms with van der Waals surface area (Å²) in [5.41, 5.74) is 7.38. The van der Waals surface area contributed by atoms with Crippen molar-refractivity contribution in [3.63, 3.8) is 0 Å². The number of nitrogens with zero attached hydrogens (tertiary/aromatic N) is 3. The predicted octanol–water partition coefficient (Wildman–Crippen LogP) is 1.25. The van der Waals surface area contributed by atoms with Gasteiger partial charge in [0.05, 0.1) is 17.6 Å². The lowest BCUT2D eigenvalue weighted by atomic mass is 10.3. The molecule has 1 saturated heterocycles. The molecule has 0 unspecified atom stereocenters. The van der Waals surface area contributed by atoms with Crippen LogP contribution in [0.25, 0.3) is 11.0 Å². The van der Waals surface area contributed by atoms with Crippen LogP contribution in [0.3, 0.4) is 0 Å². The zero-order chi connectivity index (χ0) is 13.9. The number of carbonyl (C=O) groups excluding carboxylic acids is 1. The van der Waals surface area contributed by atoms with Gasteiger partial charge < -0.3 is 16.0 Å². The van der Waals surface area contributed by atoms with E-state index in [9.17, 15) is 4.79 Å². The summed E-state index contributed by atoms with van der Waals surface area (Å²) in [6.45, 7) is 1.90. The molecule has 1 aliphatic rings. The van der Waals surface area contributed by atoms with Crippen LogP contribution in [0.2, 0.25) is 0 Å². The Kier molecular flexibility index (Phi) is 3.37. The molecular weight excluding hydrogens is 254 g/mol. The standard InChI is InChI=1S/C14H17N5O/c15-13-14(16-9-12(20)19-7-3-4-8-19)18-11-6-2-1-5-10(11)17-13/h1-2,5-6H,3-4,7-9H2,(H2,15,17)(H,16,18). The normalized spacial score (nSPS) is 14.7. The topological polar surface area (TPSA) is 84.1 Å². The molecule has 1 amide bonds. The summed E-state index contributed by atoms with van der Waals surface area (Å²) in [7, 11) is 0. The highest BCUT2D eigenvalue weighted by atomic mass is 16.2. The smallest absolute Gasteiger partial charge is 0.241 e. The summed E-state index contributed by atoms with van der Waals surface area (Å²) in [5.74, 6) is 0.867. The van der Waals surface area contributed by atoms with Gasteiger partial charge in [0, 0.05) is 13.1 Å². The molecule has 0 saturated carbocycles. The summed E-state index contributed by atoms with van der Waals surface area (Å²) in [6, 6.07) is 7.51. The summed E-state index contributed by atoms with van der Waals surface area (Å²) in [4.78, 5) is 22.5. The average Bonchev–Trinajstić information content (AvgIpc) is 2.99. The average molecular weight is 271 g/mol. The first-order chi connectivity index (χ1) is 9.74. The van der Waals surface area contributed by atoms with E-state index in [4.69, 9.17) is 5.73 Å². The summed E-state index contributed by atoms with van der Waals surface area (Å²) in [5, 5.41) is 2.99. The Hall–Kier alpha value is -2.37. The Labute approximate surface area is 117 Å². The van der Waals surface area contributed by atoms with Gasteiger partial charge in [0.15, 0.2) is 11.6 Å². The lowest BCUT2D eigenvalue weighted by Crippen LogP contribution is -2.33. The molecule has 6 heteroatoms. The van der Waals surface area contributed by atoms with Crippen molar-refractivity contribution < 1.29 is 4.79 Å². The van der Waals surface area contributed by atoms with Gasteiger partial charge in [-0.2, -0.15) is 0 Å². The number of nitrogens with one attached hydrogen (secondary N) is 1. The highest BCUT2D eigenvalue weighted by Crippen LogP contribution is 2.18. The molecule has 1 fully saturated rings. The van der Waals surface area contributed by atoms with Crippen molar-refractivity contribution in [2.75, 3.05) is 30.7 Å². The van der Waals surface area contributed by atoms with E-state index >= 15 is 0 Å². The second kappa shape index (κ2) is 5.32. The van der Waals surface area contributed by atoms with Gasteiger partial charge in [0.1, 0.15) is 0 Å². The molecule has 20 heavy (non-hydrogen) atoms. The molecule has 3 N–H and O–H groups in total. The van der Waals surface area contributed by atoms with Crippen LogP contribution >= 0.6 is 0 Å². The zero-order valence-electron chi connectivity index (χ0n) is 11.2. The largest absolute Gasteiger partial charge is 0.381 e. The van der Waals surface area contributed by atoms with Gasteiger partial charge in [0.2, 0.25) is 5.91 Å². The third-order valence-electron chi connectivity index (χ3n) is 3.46. The first-order valence-corrected chi connectivity index (χ1v) is 6.78. The Balaban J connectivity index is 1.73. The SMILES string of the molecule is Nc1nc2ccccc2nc1NCC(=O)N1CCCC1. The van der Waals surface area contributed by atoms with E-state index in [2.05, 4.69) is 15.3 Å². The highest BCUT2D eigenvalue weighted by Gasteiger charge is 2.18. The van der Waals surface area contributed by atoms with Crippen molar-refractivity contribution in [2.45, 2.75) is 12.8 Å². The van der Waals surface area contributed by atoms with Crippen molar-refractivity contribution in [2.24, 2.45) is 0 Å². The Morgan fingerprint density at radius 3 is 2.55 bits per heavy atom. The van der Waals surface area contributed by atoms with Crippen LogP contribution in [-0.2, 0) is 4.79 Å². The van der Waals surface area contributed by atoms with Crippen molar-refractivity contribution in [1.29, 1.82) is 0 Å². The molecular formula is C14H17N5O. The number of anilines is 2. The van der Waals surface area contributed by atoms with Crippen molar-refractivity contribution in [3.8, 4) is 0 Å². The molecule has 2 aromatic rings. The third-order valence-corrected chi connectivity index (χ3v) is 3.46. The molecule has 0 radical (unpaired) electrons. The lowest BCUT2D eigenvalue weighted by molar-refractivity contribution is -0.128. The molecule has 6 nitrogen and oxygen atoms in total. The number of hydrogen-bond acceptors (Lipinski definition) is 5. The number of amides is 1. The van der Waals surface area contributed by atoms with Crippen LogP contribution in [0.4, 0.5) is 11.6 Å². The van der Waals surface area contributed by atoms with E-state index in [1.165, 1.54) is 0 Å². The van der Waals surface area contributed by atoms with Crippen LogP contribution in [0.5, 0.6) is 0 Å². The summed E-state index contributed by atoms with van der Waals surface area (Å²) < 4.78 is 0. The fourth-order valence-corrected chi connectivity index (χ4v) is 2.38. The fraction of sp³-hybridized carbons (Fsp3) is 0.357. The fourth-order valence-electron chi connectivity index (χ4n) is 2.38. The number of aromatic nitrogens is 2. The number of nitrogen functional groups attached to an aromatic ring is 1. The van der Waals surface area contributed by atoms with E-state index in [1.54, 1.807) is 0 Å². The second-order valence-electron chi connectivity index (χ2n) is 4.89. The maximum Gasteiger partial charge on any atom is 0.241 e. The summed E-state index contributed by atoms with van der Waals surface area (Å²) in [6.07, 6.45) is 2.17. The molecule has 1 aliphatic heterocycles. The van der Waals surface area contributed by atoms with E-state index in [1.807, 2.05) is 29.2 Å². The monoisotopic (exact) mass is 271 g/mol. The van der Waals surface area contributed by atoms with E-state index in [-0.39, 0.29) is 12.5 Å². The molecule has 0 atom stereocenters. The molecule has 3 rings (SSSR count). The number of nitrogens with two attached hydrogens (primary N) is 1. The molecule has 104 valence electrons. The van der Waals surface area contributed by atoms with E-state index < -0.39 is 0 Å². The molecule has 0 bridgehead atoms. The van der Waals surface area contributed by atoms with E-state index in [0.717, 1.165) is 37.0 Å². The Morgan fingerprint density at radius 2 is 1.85 bits per heavy atom. The number of hydrogen-bond donors (Lipinski definition) is 2. The van der Waals surface area contributed by atoms with Gasteiger partial charge in [-0.1, -0.05) is 12.1 Å². The van der Waals surface area contributed by atoms with Crippen LogP contribution in [0.1, 0.15) is 12.8 Å². The quantitative estimate of drug-likeness (QED) is 0.877. The highest BCUT2D eigenvalue weighted by molar-refractivity contribution is 5.83. The maximum atomic E-state index is 12.0. The lowest BCUT2D eigenvalue weighted by Gasteiger charge is -2.16. The van der Waals surface area contributed by atoms with Crippen LogP contribution in [-0.4, -0.2) is 40.4 Å². The molecule has 0 aliphatic carbocycles. The maximum absolute atomic E-state index is 12.0.